The van der Waals surface area contributed by atoms with Crippen molar-refractivity contribution >= 4 is 0 Å². The first-order valence-electron chi connectivity index (χ1n) is 6.35. The van der Waals surface area contributed by atoms with Crippen molar-refractivity contribution in [2.24, 2.45) is 0 Å². The standard InChI is InChI=1S/C14H18F3NO/c1-10-7-12(9-18-3-5-19-6-4-18)11(2)13(8-10)14(15,16)17/h7-8H,3-6,9H2,1-2H3. The lowest BCUT2D eigenvalue weighted by Crippen LogP contribution is -2.36. The zero-order valence-corrected chi connectivity index (χ0v) is 11.2. The molecule has 0 atom stereocenters. The molecular weight excluding hydrogens is 255 g/mol. The Kier molecular flexibility index (Phi) is 4.16. The van der Waals surface area contributed by atoms with Crippen molar-refractivity contribution in [1.29, 1.82) is 0 Å². The highest BCUT2D eigenvalue weighted by Gasteiger charge is 2.33. The van der Waals surface area contributed by atoms with E-state index in [0.29, 0.717) is 30.9 Å². The van der Waals surface area contributed by atoms with Crippen molar-refractivity contribution < 1.29 is 17.9 Å². The van der Waals surface area contributed by atoms with Crippen molar-refractivity contribution in [1.82, 2.24) is 4.90 Å². The predicted molar refractivity (Wildman–Crippen MR) is 67.0 cm³/mol. The summed E-state index contributed by atoms with van der Waals surface area (Å²) in [6, 6.07) is 3.07. The van der Waals surface area contributed by atoms with Gasteiger partial charge in [0.2, 0.25) is 0 Å². The number of hydrogen-bond donors (Lipinski definition) is 0. The molecule has 1 heterocycles. The van der Waals surface area contributed by atoms with E-state index in [9.17, 15) is 13.2 Å². The summed E-state index contributed by atoms with van der Waals surface area (Å²) in [6.07, 6.45) is -4.28. The molecule has 0 N–H and O–H groups in total. The summed E-state index contributed by atoms with van der Waals surface area (Å²) in [4.78, 5) is 2.13. The van der Waals surface area contributed by atoms with Crippen LogP contribution in [-0.2, 0) is 17.5 Å². The van der Waals surface area contributed by atoms with E-state index in [2.05, 4.69) is 4.90 Å². The minimum atomic E-state index is -4.28. The number of ether oxygens (including phenoxy) is 1. The average molecular weight is 273 g/mol. The predicted octanol–water partition coefficient (Wildman–Crippen LogP) is 3.15. The Hall–Kier alpha value is -1.07. The second-order valence-corrected chi connectivity index (χ2v) is 4.98. The highest BCUT2D eigenvalue weighted by atomic mass is 19.4. The Morgan fingerprint density at radius 2 is 1.79 bits per heavy atom. The van der Waals surface area contributed by atoms with Gasteiger partial charge in [-0.15, -0.1) is 0 Å². The van der Waals surface area contributed by atoms with Crippen LogP contribution >= 0.6 is 0 Å². The zero-order valence-electron chi connectivity index (χ0n) is 11.2. The van der Waals surface area contributed by atoms with Crippen molar-refractivity contribution in [3.05, 3.63) is 34.4 Å². The van der Waals surface area contributed by atoms with Gasteiger partial charge in [0.05, 0.1) is 18.8 Å². The molecule has 0 aromatic heterocycles. The maximum absolute atomic E-state index is 13.0. The molecule has 1 saturated heterocycles. The third-order valence-electron chi connectivity index (χ3n) is 3.46. The second kappa shape index (κ2) is 5.51. The van der Waals surface area contributed by atoms with Crippen LogP contribution < -0.4 is 0 Å². The van der Waals surface area contributed by atoms with Crippen molar-refractivity contribution in [2.45, 2.75) is 26.6 Å². The molecule has 0 saturated carbocycles. The van der Waals surface area contributed by atoms with Gasteiger partial charge in [-0.05, 0) is 31.0 Å². The number of nitrogens with zero attached hydrogens (tertiary/aromatic N) is 1. The molecule has 19 heavy (non-hydrogen) atoms. The number of morpholine rings is 1. The molecule has 0 spiro atoms. The van der Waals surface area contributed by atoms with E-state index in [-0.39, 0.29) is 0 Å². The minimum absolute atomic E-state index is 0.338. The molecule has 0 amide bonds. The summed E-state index contributed by atoms with van der Waals surface area (Å²) < 4.78 is 44.1. The first-order chi connectivity index (χ1) is 8.88. The van der Waals surface area contributed by atoms with E-state index < -0.39 is 11.7 Å². The highest BCUT2D eigenvalue weighted by molar-refractivity contribution is 5.39. The van der Waals surface area contributed by atoms with E-state index in [0.717, 1.165) is 18.7 Å². The third-order valence-corrected chi connectivity index (χ3v) is 3.46. The largest absolute Gasteiger partial charge is 0.416 e. The molecule has 2 nitrogen and oxygen atoms in total. The molecule has 1 aromatic carbocycles. The number of aryl methyl sites for hydroxylation is 1. The van der Waals surface area contributed by atoms with E-state index in [1.807, 2.05) is 6.07 Å². The van der Waals surface area contributed by atoms with E-state index in [1.165, 1.54) is 6.07 Å². The van der Waals surface area contributed by atoms with Gasteiger partial charge in [-0.25, -0.2) is 0 Å². The molecule has 0 bridgehead atoms. The van der Waals surface area contributed by atoms with Crippen LogP contribution in [0.1, 0.15) is 22.3 Å². The Balaban J connectivity index is 2.27. The van der Waals surface area contributed by atoms with Crippen molar-refractivity contribution in [2.75, 3.05) is 26.3 Å². The van der Waals surface area contributed by atoms with Crippen LogP contribution in [0.5, 0.6) is 0 Å². The summed E-state index contributed by atoms with van der Waals surface area (Å²) in [7, 11) is 0. The quantitative estimate of drug-likeness (QED) is 0.820. The minimum Gasteiger partial charge on any atom is -0.379 e. The number of alkyl halides is 3. The summed E-state index contributed by atoms with van der Waals surface area (Å²) in [5.74, 6) is 0. The van der Waals surface area contributed by atoms with Gasteiger partial charge in [0.25, 0.3) is 0 Å². The lowest BCUT2D eigenvalue weighted by molar-refractivity contribution is -0.138. The summed E-state index contributed by atoms with van der Waals surface area (Å²) >= 11 is 0. The summed E-state index contributed by atoms with van der Waals surface area (Å²) in [5, 5.41) is 0. The monoisotopic (exact) mass is 273 g/mol. The van der Waals surface area contributed by atoms with Crippen LogP contribution in [-0.4, -0.2) is 31.2 Å². The fraction of sp³-hybridized carbons (Fsp3) is 0.571. The third kappa shape index (κ3) is 3.48. The number of benzene rings is 1. The van der Waals surface area contributed by atoms with Crippen molar-refractivity contribution in [3.8, 4) is 0 Å². The molecular formula is C14H18F3NO. The maximum atomic E-state index is 13.0. The lowest BCUT2D eigenvalue weighted by Gasteiger charge is -2.28. The topological polar surface area (TPSA) is 12.5 Å². The molecule has 1 aliphatic rings. The van der Waals surface area contributed by atoms with E-state index in [4.69, 9.17) is 4.74 Å². The van der Waals surface area contributed by atoms with Crippen LogP contribution in [0.15, 0.2) is 12.1 Å². The van der Waals surface area contributed by atoms with Gasteiger partial charge in [0.15, 0.2) is 0 Å². The molecule has 0 radical (unpaired) electrons. The van der Waals surface area contributed by atoms with E-state index >= 15 is 0 Å². The fourth-order valence-electron chi connectivity index (χ4n) is 2.39. The number of halogens is 3. The fourth-order valence-corrected chi connectivity index (χ4v) is 2.39. The van der Waals surface area contributed by atoms with Crippen LogP contribution in [0.4, 0.5) is 13.2 Å². The molecule has 0 unspecified atom stereocenters. The normalized spacial score (nSPS) is 17.7. The van der Waals surface area contributed by atoms with E-state index in [1.54, 1.807) is 13.8 Å². The van der Waals surface area contributed by atoms with Gasteiger partial charge >= 0.3 is 6.18 Å². The highest BCUT2D eigenvalue weighted by Crippen LogP contribution is 2.34. The van der Waals surface area contributed by atoms with Crippen LogP contribution in [0.2, 0.25) is 0 Å². The Bertz CT molecular complexity index is 451. The Labute approximate surface area is 111 Å². The lowest BCUT2D eigenvalue weighted by atomic mass is 9.98. The smallest absolute Gasteiger partial charge is 0.379 e. The van der Waals surface area contributed by atoms with Gasteiger partial charge in [0.1, 0.15) is 0 Å². The Morgan fingerprint density at radius 3 is 2.37 bits per heavy atom. The van der Waals surface area contributed by atoms with Gasteiger partial charge in [-0.3, -0.25) is 4.90 Å². The van der Waals surface area contributed by atoms with Crippen molar-refractivity contribution in [3.63, 3.8) is 0 Å². The van der Waals surface area contributed by atoms with Gasteiger partial charge in [-0.2, -0.15) is 13.2 Å². The van der Waals surface area contributed by atoms with Crippen LogP contribution in [0, 0.1) is 13.8 Å². The summed E-state index contributed by atoms with van der Waals surface area (Å²) in [5.41, 5.74) is 1.23. The van der Waals surface area contributed by atoms with Gasteiger partial charge in [0, 0.05) is 19.6 Å². The molecule has 1 aliphatic heterocycles. The number of hydrogen-bond acceptors (Lipinski definition) is 2. The van der Waals surface area contributed by atoms with Gasteiger partial charge < -0.3 is 4.74 Å². The molecule has 2 rings (SSSR count). The van der Waals surface area contributed by atoms with Gasteiger partial charge in [-0.1, -0.05) is 11.6 Å². The first-order valence-corrected chi connectivity index (χ1v) is 6.35. The second-order valence-electron chi connectivity index (χ2n) is 4.98. The molecule has 0 aliphatic carbocycles. The zero-order chi connectivity index (χ0) is 14.0. The van der Waals surface area contributed by atoms with Crippen LogP contribution in [0.3, 0.4) is 0 Å². The maximum Gasteiger partial charge on any atom is 0.416 e. The molecule has 106 valence electrons. The Morgan fingerprint density at radius 1 is 1.16 bits per heavy atom. The average Bonchev–Trinajstić information content (AvgIpc) is 2.33. The molecule has 5 heteroatoms. The van der Waals surface area contributed by atoms with Crippen LogP contribution in [0.25, 0.3) is 0 Å². The number of rotatable bonds is 2. The molecule has 1 aromatic rings. The molecule has 1 fully saturated rings. The SMILES string of the molecule is Cc1cc(CN2CCOCC2)c(C)c(C(F)(F)F)c1. The summed E-state index contributed by atoms with van der Waals surface area (Å²) in [6.45, 7) is 6.66. The first kappa shape index (κ1) is 14.3.